The van der Waals surface area contributed by atoms with Crippen LogP contribution in [0.5, 0.6) is 0 Å². The van der Waals surface area contributed by atoms with Gasteiger partial charge in [0, 0.05) is 6.42 Å². The van der Waals surface area contributed by atoms with Gasteiger partial charge in [0.15, 0.2) is 0 Å². The summed E-state index contributed by atoms with van der Waals surface area (Å²) in [6.45, 7) is 4.71. The summed E-state index contributed by atoms with van der Waals surface area (Å²) in [7, 11) is 1.55. The van der Waals surface area contributed by atoms with E-state index < -0.39 is 20.0 Å². The molecule has 0 heterocycles. The van der Waals surface area contributed by atoms with Crippen LogP contribution in [0.1, 0.15) is 309 Å². The molecule has 0 radical (unpaired) electrons. The Morgan fingerprint density at radius 3 is 1.15 bits per heavy atom. The van der Waals surface area contributed by atoms with E-state index in [1.807, 2.05) is 27.2 Å². The van der Waals surface area contributed by atoms with Gasteiger partial charge in [-0.2, -0.15) is 0 Å². The molecule has 0 aromatic carbocycles. The molecule has 0 bridgehead atoms. The number of carbonyl (C=O) groups is 1. The molecule has 0 fully saturated rings. The van der Waals surface area contributed by atoms with Crippen molar-refractivity contribution in [3.05, 3.63) is 85.1 Å². The minimum Gasteiger partial charge on any atom is -0.387 e. The fourth-order valence-electron chi connectivity index (χ4n) is 9.83. The number of nitrogens with zero attached hydrogens (tertiary/aromatic N) is 1. The highest BCUT2D eigenvalue weighted by atomic mass is 31.2. The maximum atomic E-state index is 13.0. The molecule has 0 saturated carbocycles. The molecule has 466 valence electrons. The van der Waals surface area contributed by atoms with Gasteiger partial charge in [-0.15, -0.1) is 0 Å². The number of phosphoric ester groups is 1. The maximum absolute atomic E-state index is 13.0. The zero-order valence-electron chi connectivity index (χ0n) is 53.3. The lowest BCUT2D eigenvalue weighted by atomic mass is 10.0. The number of hydrogen-bond donors (Lipinski definition) is 3. The number of aliphatic hydroxyl groups excluding tert-OH is 1. The van der Waals surface area contributed by atoms with Crippen molar-refractivity contribution in [3.8, 4) is 0 Å². The van der Waals surface area contributed by atoms with E-state index in [9.17, 15) is 19.4 Å². The van der Waals surface area contributed by atoms with Crippen LogP contribution in [0.3, 0.4) is 0 Å². The topological polar surface area (TPSA) is 105 Å². The van der Waals surface area contributed by atoms with Gasteiger partial charge in [0.1, 0.15) is 13.2 Å². The predicted octanol–water partition coefficient (Wildman–Crippen LogP) is 21.5. The van der Waals surface area contributed by atoms with Crippen molar-refractivity contribution in [2.24, 2.45) is 0 Å². The largest absolute Gasteiger partial charge is 0.472 e. The van der Waals surface area contributed by atoms with Crippen LogP contribution in [-0.4, -0.2) is 73.4 Å². The smallest absolute Gasteiger partial charge is 0.387 e. The average Bonchev–Trinajstić information content (AvgIpc) is 3.42. The maximum Gasteiger partial charge on any atom is 0.472 e. The number of hydrogen-bond acceptors (Lipinski definition) is 5. The van der Waals surface area contributed by atoms with Gasteiger partial charge in [0.05, 0.1) is 39.9 Å². The summed E-state index contributed by atoms with van der Waals surface area (Å²) in [5, 5.41) is 14.0. The zero-order chi connectivity index (χ0) is 58.4. The van der Waals surface area contributed by atoms with Gasteiger partial charge in [-0.1, -0.05) is 304 Å². The standard InChI is InChI=1S/C71H131N2O6P/c1-6-8-10-12-14-16-18-20-22-24-26-28-30-32-33-34-35-36-37-38-39-41-43-45-47-49-51-53-55-57-59-61-63-65-71(75)72-69(68-79-80(76,77)78-67-66-73(3,4)5)70(74)64-62-60-58-56-54-52-50-48-46-44-42-40-31-29-27-25-23-21-19-17-15-13-11-9-7-2/h8,10,14,16,20,22,26,28,46,48,54,56,62,64,69-70,74H,6-7,9,11-13,15,17-19,21,23-25,27,29-45,47,49-53,55,57-61,63,65-68H2,1-5H3,(H-,72,75,76,77)/p+1/b10-8-,16-14-,22-20-,28-26-,48-46+,56-54+,64-62+. The first-order valence-corrected chi connectivity index (χ1v) is 35.5. The summed E-state index contributed by atoms with van der Waals surface area (Å²) in [4.78, 5) is 23.4. The molecule has 1 amide bonds. The third kappa shape index (κ3) is 63.3. The Labute approximate surface area is 497 Å². The summed E-state index contributed by atoms with van der Waals surface area (Å²) >= 11 is 0. The average molecular weight is 1140 g/mol. The summed E-state index contributed by atoms with van der Waals surface area (Å²) in [6.07, 6.45) is 87.3. The van der Waals surface area contributed by atoms with E-state index in [2.05, 4.69) is 92.1 Å². The highest BCUT2D eigenvalue weighted by Gasteiger charge is 2.28. The fraction of sp³-hybridized carbons (Fsp3) is 0.789. The van der Waals surface area contributed by atoms with Gasteiger partial charge in [-0.25, -0.2) is 4.57 Å². The van der Waals surface area contributed by atoms with E-state index in [1.54, 1.807) is 6.08 Å². The Morgan fingerprint density at radius 1 is 0.438 bits per heavy atom. The first-order valence-electron chi connectivity index (χ1n) is 34.0. The quantitative estimate of drug-likeness (QED) is 0.0243. The molecule has 0 saturated heterocycles. The Morgan fingerprint density at radius 2 is 0.762 bits per heavy atom. The first kappa shape index (κ1) is 77.7. The minimum atomic E-state index is -4.37. The molecule has 8 nitrogen and oxygen atoms in total. The third-order valence-electron chi connectivity index (χ3n) is 15.1. The van der Waals surface area contributed by atoms with Crippen molar-refractivity contribution in [2.45, 2.75) is 321 Å². The fourth-order valence-corrected chi connectivity index (χ4v) is 10.6. The second-order valence-electron chi connectivity index (χ2n) is 24.2. The molecule has 0 rings (SSSR count). The van der Waals surface area contributed by atoms with Crippen molar-refractivity contribution in [1.82, 2.24) is 5.32 Å². The summed E-state index contributed by atoms with van der Waals surface area (Å²) in [5.74, 6) is -0.188. The number of aliphatic hydroxyl groups is 1. The molecular weight excluding hydrogens is 1010 g/mol. The molecule has 3 unspecified atom stereocenters. The Kier molecular flexibility index (Phi) is 59.5. The summed E-state index contributed by atoms with van der Waals surface area (Å²) in [6, 6.07) is -0.874. The van der Waals surface area contributed by atoms with Gasteiger partial charge in [0.2, 0.25) is 5.91 Å². The van der Waals surface area contributed by atoms with Crippen LogP contribution in [0, 0.1) is 0 Å². The van der Waals surface area contributed by atoms with Gasteiger partial charge in [-0.3, -0.25) is 13.8 Å². The van der Waals surface area contributed by atoms with E-state index in [0.717, 1.165) is 70.6 Å². The van der Waals surface area contributed by atoms with E-state index in [-0.39, 0.29) is 19.1 Å². The van der Waals surface area contributed by atoms with Crippen LogP contribution < -0.4 is 5.32 Å². The molecule has 0 aliphatic carbocycles. The second-order valence-corrected chi connectivity index (χ2v) is 25.6. The number of rotatable bonds is 62. The SMILES string of the molecule is CC/C=C\C/C=C\C/C=C\C/C=C\CCCCCCCCCCCCCCCCCCCCCCC(=O)NC(COP(=O)(O)OCC[N+](C)(C)C)C(O)/C=C/CC/C=C/CC/C=C/CCCCCCCCCCCCCCCCC. The van der Waals surface area contributed by atoms with Gasteiger partial charge in [0.25, 0.3) is 0 Å². The zero-order valence-corrected chi connectivity index (χ0v) is 54.2. The van der Waals surface area contributed by atoms with Crippen LogP contribution >= 0.6 is 7.82 Å². The number of nitrogens with one attached hydrogen (secondary N) is 1. The van der Waals surface area contributed by atoms with E-state index in [4.69, 9.17) is 9.05 Å². The Balaban J connectivity index is 4.11. The minimum absolute atomic E-state index is 0.0522. The third-order valence-corrected chi connectivity index (χ3v) is 16.1. The van der Waals surface area contributed by atoms with Crippen molar-refractivity contribution in [2.75, 3.05) is 40.9 Å². The molecule has 0 aliphatic heterocycles. The normalized spacial score (nSPS) is 14.2. The predicted molar refractivity (Wildman–Crippen MR) is 350 cm³/mol. The molecule has 0 spiro atoms. The van der Waals surface area contributed by atoms with Crippen molar-refractivity contribution < 1.29 is 32.9 Å². The summed E-state index contributed by atoms with van der Waals surface area (Å²) in [5.41, 5.74) is 0. The Hall–Kier alpha value is -2.32. The highest BCUT2D eigenvalue weighted by Crippen LogP contribution is 2.43. The second kappa shape index (κ2) is 61.2. The van der Waals surface area contributed by atoms with Crippen LogP contribution in [0.15, 0.2) is 85.1 Å². The molecule has 3 atom stereocenters. The number of carbonyl (C=O) groups excluding carboxylic acids is 1. The number of phosphoric acid groups is 1. The number of allylic oxidation sites excluding steroid dienone is 13. The molecular formula is C71H132N2O6P+. The number of unbranched alkanes of at least 4 members (excludes halogenated alkanes) is 37. The number of likely N-dealkylation sites (N-methyl/N-ethyl adjacent to an activating group) is 1. The summed E-state index contributed by atoms with van der Waals surface area (Å²) < 4.78 is 23.8. The van der Waals surface area contributed by atoms with Crippen LogP contribution in [0.4, 0.5) is 0 Å². The lowest BCUT2D eigenvalue weighted by Gasteiger charge is -2.25. The van der Waals surface area contributed by atoms with Gasteiger partial charge in [-0.05, 0) is 83.5 Å². The van der Waals surface area contributed by atoms with Crippen molar-refractivity contribution in [1.29, 1.82) is 0 Å². The lowest BCUT2D eigenvalue weighted by Crippen LogP contribution is -2.45. The molecule has 0 aromatic rings. The van der Waals surface area contributed by atoms with Crippen molar-refractivity contribution in [3.63, 3.8) is 0 Å². The Bertz CT molecular complexity index is 1580. The van der Waals surface area contributed by atoms with E-state index >= 15 is 0 Å². The van der Waals surface area contributed by atoms with Gasteiger partial charge >= 0.3 is 7.82 Å². The van der Waals surface area contributed by atoms with Gasteiger partial charge < -0.3 is 19.8 Å². The molecule has 0 aromatic heterocycles. The number of amides is 1. The molecule has 0 aliphatic rings. The van der Waals surface area contributed by atoms with Crippen LogP contribution in [0.25, 0.3) is 0 Å². The van der Waals surface area contributed by atoms with Crippen LogP contribution in [-0.2, 0) is 18.4 Å². The highest BCUT2D eigenvalue weighted by molar-refractivity contribution is 7.47. The monoisotopic (exact) mass is 1140 g/mol. The van der Waals surface area contributed by atoms with Crippen molar-refractivity contribution >= 4 is 13.7 Å². The molecule has 80 heavy (non-hydrogen) atoms. The lowest BCUT2D eigenvalue weighted by molar-refractivity contribution is -0.870. The van der Waals surface area contributed by atoms with E-state index in [0.29, 0.717) is 17.4 Å². The molecule has 9 heteroatoms. The number of quaternary nitrogens is 1. The van der Waals surface area contributed by atoms with E-state index in [1.165, 1.54) is 218 Å². The molecule has 3 N–H and O–H groups in total. The first-order chi connectivity index (χ1) is 39.0. The van der Waals surface area contributed by atoms with Crippen LogP contribution in [0.2, 0.25) is 0 Å².